The van der Waals surface area contributed by atoms with E-state index >= 15 is 0 Å². The second-order valence-corrected chi connectivity index (χ2v) is 4.30. The normalized spacial score (nSPS) is 25.6. The third kappa shape index (κ3) is 2.41. The highest BCUT2D eigenvalue weighted by atomic mass is 16.5. The van der Waals surface area contributed by atoms with Gasteiger partial charge in [0.1, 0.15) is 0 Å². The van der Waals surface area contributed by atoms with Crippen molar-refractivity contribution < 1.29 is 4.74 Å². The summed E-state index contributed by atoms with van der Waals surface area (Å²) in [4.78, 5) is 10.8. The summed E-state index contributed by atoms with van der Waals surface area (Å²) in [6.07, 6.45) is 3.42. The van der Waals surface area contributed by atoms with E-state index < -0.39 is 0 Å². The van der Waals surface area contributed by atoms with Gasteiger partial charge < -0.3 is 15.0 Å². The first kappa shape index (κ1) is 11.1. The highest BCUT2D eigenvalue weighted by Crippen LogP contribution is 2.14. The Morgan fingerprint density at radius 2 is 1.81 bits per heavy atom. The van der Waals surface area contributed by atoms with E-state index in [0.29, 0.717) is 17.8 Å². The molecule has 1 fully saturated rings. The van der Waals surface area contributed by atoms with Crippen LogP contribution in [0.1, 0.15) is 13.8 Å². The van der Waals surface area contributed by atoms with Crippen LogP contribution in [-0.2, 0) is 0 Å². The van der Waals surface area contributed by atoms with Gasteiger partial charge in [0.15, 0.2) is 5.75 Å². The molecule has 2 rings (SSSR count). The molecule has 1 aromatic rings. The largest absolute Gasteiger partial charge is 0.494 e. The van der Waals surface area contributed by atoms with Crippen molar-refractivity contribution in [1.82, 2.24) is 15.3 Å². The summed E-state index contributed by atoms with van der Waals surface area (Å²) in [7, 11) is 1.62. The fourth-order valence-corrected chi connectivity index (χ4v) is 2.07. The van der Waals surface area contributed by atoms with E-state index in [9.17, 15) is 0 Å². The Hall–Kier alpha value is -1.36. The Labute approximate surface area is 95.8 Å². The van der Waals surface area contributed by atoms with Crippen LogP contribution in [0.4, 0.5) is 5.95 Å². The van der Waals surface area contributed by atoms with Crippen LogP contribution in [0, 0.1) is 0 Å². The molecule has 0 radical (unpaired) electrons. The van der Waals surface area contributed by atoms with E-state index in [1.54, 1.807) is 19.5 Å². The van der Waals surface area contributed by atoms with Gasteiger partial charge in [0.2, 0.25) is 5.95 Å². The van der Waals surface area contributed by atoms with Crippen LogP contribution in [0.3, 0.4) is 0 Å². The van der Waals surface area contributed by atoms with Crippen LogP contribution in [0.25, 0.3) is 0 Å². The summed E-state index contributed by atoms with van der Waals surface area (Å²) in [5, 5.41) is 3.48. The van der Waals surface area contributed by atoms with E-state index in [-0.39, 0.29) is 0 Å². The van der Waals surface area contributed by atoms with Gasteiger partial charge in [-0.25, -0.2) is 9.97 Å². The summed E-state index contributed by atoms with van der Waals surface area (Å²) in [6, 6.07) is 0.934. The third-order valence-electron chi connectivity index (χ3n) is 2.69. The fourth-order valence-electron chi connectivity index (χ4n) is 2.07. The van der Waals surface area contributed by atoms with E-state index in [1.165, 1.54) is 0 Å². The first-order valence-corrected chi connectivity index (χ1v) is 5.56. The zero-order valence-electron chi connectivity index (χ0n) is 9.97. The molecular formula is C11H18N4O. The molecule has 0 aliphatic carbocycles. The monoisotopic (exact) mass is 222 g/mol. The molecule has 0 spiro atoms. The lowest BCUT2D eigenvalue weighted by Crippen LogP contribution is -2.54. The van der Waals surface area contributed by atoms with Gasteiger partial charge in [-0.3, -0.25) is 0 Å². The van der Waals surface area contributed by atoms with E-state index in [1.807, 2.05) is 0 Å². The van der Waals surface area contributed by atoms with Crippen molar-refractivity contribution in [3.05, 3.63) is 12.4 Å². The van der Waals surface area contributed by atoms with Crippen molar-refractivity contribution in [3.63, 3.8) is 0 Å². The molecule has 2 unspecified atom stereocenters. The molecule has 5 heteroatoms. The standard InChI is InChI=1S/C11H18N4O/c1-8-6-15(7-9(2)14-8)11-12-4-10(16-3)5-13-11/h4-5,8-9,14H,6-7H2,1-3H3. The smallest absolute Gasteiger partial charge is 0.225 e. The molecule has 5 nitrogen and oxygen atoms in total. The van der Waals surface area contributed by atoms with E-state index in [4.69, 9.17) is 4.74 Å². The average Bonchev–Trinajstić information content (AvgIpc) is 2.28. The molecular weight excluding hydrogens is 204 g/mol. The highest BCUT2D eigenvalue weighted by molar-refractivity contribution is 5.33. The minimum atomic E-state index is 0.467. The maximum absolute atomic E-state index is 5.04. The van der Waals surface area contributed by atoms with Gasteiger partial charge in [0.05, 0.1) is 19.5 Å². The topological polar surface area (TPSA) is 50.3 Å². The predicted molar refractivity (Wildman–Crippen MR) is 62.9 cm³/mol. The predicted octanol–water partition coefficient (Wildman–Crippen LogP) is 0.672. The summed E-state index contributed by atoms with van der Waals surface area (Å²) in [5.41, 5.74) is 0. The number of hydrogen-bond donors (Lipinski definition) is 1. The van der Waals surface area contributed by atoms with Crippen LogP contribution >= 0.6 is 0 Å². The van der Waals surface area contributed by atoms with Crippen LogP contribution in [0.15, 0.2) is 12.4 Å². The number of ether oxygens (including phenoxy) is 1. The number of rotatable bonds is 2. The molecule has 1 aromatic heterocycles. The number of aromatic nitrogens is 2. The van der Waals surface area contributed by atoms with Gasteiger partial charge in [-0.2, -0.15) is 0 Å². The first-order chi connectivity index (χ1) is 7.69. The lowest BCUT2D eigenvalue weighted by molar-refractivity contribution is 0.399. The lowest BCUT2D eigenvalue weighted by atomic mass is 10.1. The van der Waals surface area contributed by atoms with Crippen molar-refractivity contribution in [2.75, 3.05) is 25.1 Å². The van der Waals surface area contributed by atoms with Crippen molar-refractivity contribution in [2.24, 2.45) is 0 Å². The SMILES string of the molecule is COc1cnc(N2CC(C)NC(C)C2)nc1. The number of nitrogens with zero attached hydrogens (tertiary/aromatic N) is 3. The number of methoxy groups -OCH3 is 1. The fraction of sp³-hybridized carbons (Fsp3) is 0.636. The molecule has 0 bridgehead atoms. The maximum Gasteiger partial charge on any atom is 0.225 e. The van der Waals surface area contributed by atoms with Gasteiger partial charge >= 0.3 is 0 Å². The Bertz CT molecular complexity index is 330. The molecule has 2 atom stereocenters. The zero-order chi connectivity index (χ0) is 11.5. The van der Waals surface area contributed by atoms with Crippen molar-refractivity contribution in [3.8, 4) is 5.75 Å². The number of hydrogen-bond acceptors (Lipinski definition) is 5. The Morgan fingerprint density at radius 3 is 2.31 bits per heavy atom. The minimum Gasteiger partial charge on any atom is -0.494 e. The molecule has 0 amide bonds. The molecule has 16 heavy (non-hydrogen) atoms. The summed E-state index contributed by atoms with van der Waals surface area (Å²) >= 11 is 0. The van der Waals surface area contributed by atoms with Crippen LogP contribution in [-0.4, -0.2) is 42.3 Å². The summed E-state index contributed by atoms with van der Waals surface area (Å²) < 4.78 is 5.04. The average molecular weight is 222 g/mol. The van der Waals surface area contributed by atoms with Gasteiger partial charge in [-0.1, -0.05) is 0 Å². The number of nitrogens with one attached hydrogen (secondary N) is 1. The second kappa shape index (κ2) is 4.65. The molecule has 1 aliphatic heterocycles. The number of piperazine rings is 1. The van der Waals surface area contributed by atoms with E-state index in [0.717, 1.165) is 19.0 Å². The molecule has 1 N–H and O–H groups in total. The zero-order valence-corrected chi connectivity index (χ0v) is 9.97. The van der Waals surface area contributed by atoms with Crippen LogP contribution < -0.4 is 15.0 Å². The van der Waals surface area contributed by atoms with Crippen molar-refractivity contribution in [1.29, 1.82) is 0 Å². The summed E-state index contributed by atoms with van der Waals surface area (Å²) in [6.45, 7) is 6.23. The highest BCUT2D eigenvalue weighted by Gasteiger charge is 2.22. The Kier molecular flexibility index (Phi) is 3.24. The molecule has 88 valence electrons. The molecule has 1 saturated heterocycles. The van der Waals surface area contributed by atoms with Crippen LogP contribution in [0.5, 0.6) is 5.75 Å². The van der Waals surface area contributed by atoms with Crippen LogP contribution in [0.2, 0.25) is 0 Å². The molecule has 0 saturated carbocycles. The van der Waals surface area contributed by atoms with Crippen molar-refractivity contribution >= 4 is 5.95 Å². The lowest BCUT2D eigenvalue weighted by Gasteiger charge is -2.36. The molecule has 0 aromatic carbocycles. The Morgan fingerprint density at radius 1 is 1.25 bits per heavy atom. The molecule has 1 aliphatic rings. The van der Waals surface area contributed by atoms with Crippen molar-refractivity contribution in [2.45, 2.75) is 25.9 Å². The van der Waals surface area contributed by atoms with Gasteiger partial charge in [-0.05, 0) is 13.8 Å². The second-order valence-electron chi connectivity index (χ2n) is 4.30. The van der Waals surface area contributed by atoms with Gasteiger partial charge in [0.25, 0.3) is 0 Å². The molecule has 2 heterocycles. The third-order valence-corrected chi connectivity index (χ3v) is 2.69. The van der Waals surface area contributed by atoms with Gasteiger partial charge in [0, 0.05) is 25.2 Å². The van der Waals surface area contributed by atoms with Gasteiger partial charge in [-0.15, -0.1) is 0 Å². The Balaban J connectivity index is 2.10. The quantitative estimate of drug-likeness (QED) is 0.797. The van der Waals surface area contributed by atoms with E-state index in [2.05, 4.69) is 34.0 Å². The first-order valence-electron chi connectivity index (χ1n) is 5.56. The minimum absolute atomic E-state index is 0.467. The maximum atomic E-state index is 5.04. The summed E-state index contributed by atoms with van der Waals surface area (Å²) in [5.74, 6) is 1.47. The number of anilines is 1.